The number of unbranched alkanes of at least 4 members (excludes halogenated alkanes) is 1. The van der Waals surface area contributed by atoms with Crippen molar-refractivity contribution in [1.29, 1.82) is 0 Å². The molecule has 0 bridgehead atoms. The van der Waals surface area contributed by atoms with Crippen LogP contribution in [0.2, 0.25) is 0 Å². The lowest BCUT2D eigenvalue weighted by atomic mass is 9.97. The van der Waals surface area contributed by atoms with E-state index in [4.69, 9.17) is 0 Å². The first kappa shape index (κ1) is 24.3. The van der Waals surface area contributed by atoms with Gasteiger partial charge in [-0.25, -0.2) is 0 Å². The zero-order chi connectivity index (χ0) is 23.9. The van der Waals surface area contributed by atoms with E-state index in [-0.39, 0.29) is 11.5 Å². The summed E-state index contributed by atoms with van der Waals surface area (Å²) in [5.74, 6) is 0.530. The summed E-state index contributed by atoms with van der Waals surface area (Å²) in [6, 6.07) is 14.2. The Morgan fingerprint density at radius 1 is 1.12 bits per heavy atom. The molecule has 1 N–H and O–H groups in total. The average molecular weight is 463 g/mol. The number of fused-ring (bicyclic) bond motifs is 1. The van der Waals surface area contributed by atoms with Crippen LogP contribution in [0.5, 0.6) is 0 Å². The number of hydrogen-bond donors (Lipinski definition) is 1. The van der Waals surface area contributed by atoms with Crippen LogP contribution < -0.4 is 10.9 Å². The van der Waals surface area contributed by atoms with Crippen molar-refractivity contribution in [3.63, 3.8) is 0 Å². The van der Waals surface area contributed by atoms with Gasteiger partial charge in [-0.2, -0.15) is 0 Å². The number of carbonyl (C=O) groups is 1. The molecule has 2 aliphatic rings. The van der Waals surface area contributed by atoms with Crippen molar-refractivity contribution in [2.75, 3.05) is 13.1 Å². The van der Waals surface area contributed by atoms with Gasteiger partial charge in [0.25, 0.3) is 0 Å². The highest BCUT2D eigenvalue weighted by molar-refractivity contribution is 5.85. The third-order valence-corrected chi connectivity index (χ3v) is 6.89. The topological polar surface area (TPSA) is 59.3 Å². The smallest absolute Gasteiger partial charge is 0.250 e. The SMILES string of the molecule is CCCCn1cc(CN(C(=O)C2CCCNC2)C2CC2)c2ccccc21.Cn1ccccc1=O. The van der Waals surface area contributed by atoms with Crippen molar-refractivity contribution < 1.29 is 4.79 Å². The molecule has 3 aromatic rings. The second-order valence-corrected chi connectivity index (χ2v) is 9.61. The van der Waals surface area contributed by atoms with Crippen molar-refractivity contribution >= 4 is 16.8 Å². The number of pyridine rings is 1. The fourth-order valence-electron chi connectivity index (χ4n) is 4.72. The Balaban J connectivity index is 0.000000291. The van der Waals surface area contributed by atoms with Gasteiger partial charge in [-0.05, 0) is 56.3 Å². The molecule has 1 aromatic carbocycles. The van der Waals surface area contributed by atoms with Gasteiger partial charge in [0.15, 0.2) is 0 Å². The zero-order valence-corrected chi connectivity index (χ0v) is 20.6. The first-order valence-electron chi connectivity index (χ1n) is 12.8. The van der Waals surface area contributed by atoms with Gasteiger partial charge >= 0.3 is 0 Å². The normalized spacial score (nSPS) is 17.8. The second-order valence-electron chi connectivity index (χ2n) is 9.61. The highest BCUT2D eigenvalue weighted by Gasteiger charge is 2.36. The molecule has 182 valence electrons. The van der Waals surface area contributed by atoms with Gasteiger partial charge in [0, 0.05) is 62.1 Å². The monoisotopic (exact) mass is 462 g/mol. The van der Waals surface area contributed by atoms with Crippen molar-refractivity contribution in [1.82, 2.24) is 19.4 Å². The predicted molar refractivity (Wildman–Crippen MR) is 138 cm³/mol. The Kier molecular flexibility index (Phi) is 8.22. The molecular weight excluding hydrogens is 424 g/mol. The van der Waals surface area contributed by atoms with Crippen molar-refractivity contribution in [3.05, 3.63) is 70.8 Å². The van der Waals surface area contributed by atoms with E-state index in [9.17, 15) is 9.59 Å². The largest absolute Gasteiger partial charge is 0.347 e. The molecule has 2 fully saturated rings. The molecule has 0 spiro atoms. The Bertz CT molecular complexity index is 1140. The number of rotatable bonds is 7. The van der Waals surface area contributed by atoms with Crippen LogP contribution in [0.3, 0.4) is 0 Å². The maximum Gasteiger partial charge on any atom is 0.250 e. The van der Waals surface area contributed by atoms with Crippen LogP contribution in [0.1, 0.15) is 51.0 Å². The van der Waals surface area contributed by atoms with Gasteiger partial charge in [0.05, 0.1) is 5.92 Å². The van der Waals surface area contributed by atoms with E-state index in [0.717, 1.165) is 39.0 Å². The number of carbonyl (C=O) groups excluding carboxylic acids is 1. The number of aromatic nitrogens is 2. The maximum atomic E-state index is 13.2. The molecule has 1 atom stereocenters. The molecule has 1 aliphatic heterocycles. The number of para-hydroxylation sites is 1. The third-order valence-electron chi connectivity index (χ3n) is 6.89. The minimum atomic E-state index is 0.0347. The number of nitrogens with one attached hydrogen (secondary N) is 1. The molecule has 0 radical (unpaired) electrons. The molecule has 3 heterocycles. The van der Waals surface area contributed by atoms with Gasteiger partial charge < -0.3 is 19.4 Å². The first-order chi connectivity index (χ1) is 16.6. The minimum absolute atomic E-state index is 0.0347. The molecule has 1 amide bonds. The fraction of sp³-hybridized carbons (Fsp3) is 0.500. The standard InChI is InChI=1S/C22H31N3O.C6H7NO/c1-2-3-13-24-15-18(20-8-4-5-9-21(20)24)16-25(19-10-11-19)22(26)17-7-6-12-23-14-17;1-7-5-3-2-4-6(7)8/h4-5,8-9,15,17,19,23H,2-3,6-7,10-14,16H2,1H3;2-5H,1H3. The maximum absolute atomic E-state index is 13.2. The Labute approximate surface area is 202 Å². The molecule has 6 nitrogen and oxygen atoms in total. The number of benzene rings is 1. The third kappa shape index (κ3) is 5.98. The van der Waals surface area contributed by atoms with Crippen LogP contribution in [0.4, 0.5) is 0 Å². The van der Waals surface area contributed by atoms with Crippen LogP contribution in [-0.2, 0) is 24.9 Å². The van der Waals surface area contributed by atoms with Gasteiger partial charge in [0.1, 0.15) is 0 Å². The predicted octanol–water partition coefficient (Wildman–Crippen LogP) is 4.32. The summed E-state index contributed by atoms with van der Waals surface area (Å²) in [5, 5.41) is 4.71. The molecule has 1 saturated carbocycles. The number of nitrogens with zero attached hydrogens (tertiary/aromatic N) is 3. The quantitative estimate of drug-likeness (QED) is 0.569. The Morgan fingerprint density at radius 3 is 2.56 bits per heavy atom. The summed E-state index contributed by atoms with van der Waals surface area (Å²) >= 11 is 0. The van der Waals surface area contributed by atoms with E-state index in [1.807, 2.05) is 6.07 Å². The van der Waals surface area contributed by atoms with Crippen LogP contribution >= 0.6 is 0 Å². The van der Waals surface area contributed by atoms with Crippen molar-refractivity contribution in [2.45, 2.75) is 64.6 Å². The molecular formula is C28H38N4O2. The first-order valence-corrected chi connectivity index (χ1v) is 12.8. The number of piperidine rings is 1. The van der Waals surface area contributed by atoms with E-state index >= 15 is 0 Å². The lowest BCUT2D eigenvalue weighted by molar-refractivity contribution is -0.137. The van der Waals surface area contributed by atoms with Gasteiger partial charge in [-0.15, -0.1) is 0 Å². The number of aryl methyl sites for hydroxylation is 2. The molecule has 1 saturated heterocycles. The summed E-state index contributed by atoms with van der Waals surface area (Å²) in [6.07, 6.45) is 10.9. The second kappa shape index (κ2) is 11.5. The van der Waals surface area contributed by atoms with Gasteiger partial charge in [-0.3, -0.25) is 9.59 Å². The van der Waals surface area contributed by atoms with E-state index in [0.29, 0.717) is 11.9 Å². The number of amides is 1. The van der Waals surface area contributed by atoms with Crippen molar-refractivity contribution in [2.24, 2.45) is 13.0 Å². The van der Waals surface area contributed by atoms with E-state index < -0.39 is 0 Å². The summed E-state index contributed by atoms with van der Waals surface area (Å²) in [6.45, 7) is 5.96. The minimum Gasteiger partial charge on any atom is -0.347 e. The van der Waals surface area contributed by atoms with E-state index in [1.165, 1.54) is 52.8 Å². The van der Waals surface area contributed by atoms with Crippen LogP contribution in [0.15, 0.2) is 59.7 Å². The summed E-state index contributed by atoms with van der Waals surface area (Å²) in [5.41, 5.74) is 2.65. The van der Waals surface area contributed by atoms with Crippen molar-refractivity contribution in [3.8, 4) is 0 Å². The lowest BCUT2D eigenvalue weighted by Gasteiger charge is -2.29. The molecule has 2 aromatic heterocycles. The summed E-state index contributed by atoms with van der Waals surface area (Å²) < 4.78 is 3.91. The average Bonchev–Trinajstić information content (AvgIpc) is 3.66. The van der Waals surface area contributed by atoms with Crippen LogP contribution in [0, 0.1) is 5.92 Å². The lowest BCUT2D eigenvalue weighted by Crippen LogP contribution is -2.43. The zero-order valence-electron chi connectivity index (χ0n) is 20.6. The molecule has 5 rings (SSSR count). The van der Waals surface area contributed by atoms with E-state index in [2.05, 4.69) is 52.2 Å². The number of hydrogen-bond acceptors (Lipinski definition) is 3. The molecule has 1 aliphatic carbocycles. The van der Waals surface area contributed by atoms with Crippen LogP contribution in [-0.4, -0.2) is 39.1 Å². The highest BCUT2D eigenvalue weighted by atomic mass is 16.2. The van der Waals surface area contributed by atoms with Gasteiger partial charge in [-0.1, -0.05) is 37.6 Å². The highest BCUT2D eigenvalue weighted by Crippen LogP contribution is 2.32. The van der Waals surface area contributed by atoms with E-state index in [1.54, 1.807) is 19.3 Å². The van der Waals surface area contributed by atoms with Crippen LogP contribution in [0.25, 0.3) is 10.9 Å². The summed E-state index contributed by atoms with van der Waals surface area (Å²) in [7, 11) is 1.72. The molecule has 6 heteroatoms. The molecule has 1 unspecified atom stereocenters. The molecule has 34 heavy (non-hydrogen) atoms. The summed E-state index contributed by atoms with van der Waals surface area (Å²) in [4.78, 5) is 25.9. The van der Waals surface area contributed by atoms with Gasteiger partial charge in [0.2, 0.25) is 11.5 Å². The Hall–Kier alpha value is -2.86. The fourth-order valence-corrected chi connectivity index (χ4v) is 4.72. The Morgan fingerprint density at radius 2 is 1.91 bits per heavy atom.